The fourth-order valence-corrected chi connectivity index (χ4v) is 2.23. The Kier molecular flexibility index (Phi) is 4.04. The normalized spacial score (nSPS) is 16.2. The summed E-state index contributed by atoms with van der Waals surface area (Å²) in [6.07, 6.45) is 2.15. The molecule has 5 nitrogen and oxygen atoms in total. The molecular formula is C14H18N2O3. The highest BCUT2D eigenvalue weighted by Gasteiger charge is 2.22. The predicted octanol–water partition coefficient (Wildman–Crippen LogP) is 1.81. The number of benzene rings is 1. The number of carbonyl (C=O) groups excluding carboxylic acids is 1. The minimum atomic E-state index is -0.951. The molecule has 1 unspecified atom stereocenters. The zero-order chi connectivity index (χ0) is 13.8. The van der Waals surface area contributed by atoms with Gasteiger partial charge in [0, 0.05) is 18.8 Å². The third-order valence-corrected chi connectivity index (χ3v) is 3.30. The quantitative estimate of drug-likeness (QED) is 0.868. The summed E-state index contributed by atoms with van der Waals surface area (Å²) in [7, 11) is 0. The summed E-state index contributed by atoms with van der Waals surface area (Å²) in [4.78, 5) is 24.7. The summed E-state index contributed by atoms with van der Waals surface area (Å²) >= 11 is 0. The van der Waals surface area contributed by atoms with Crippen LogP contribution in [-0.4, -0.2) is 41.0 Å². The maximum Gasteiger partial charge on any atom is 0.335 e. The van der Waals surface area contributed by atoms with Crippen LogP contribution < -0.4 is 5.32 Å². The first-order valence-corrected chi connectivity index (χ1v) is 6.46. The van der Waals surface area contributed by atoms with E-state index in [0.29, 0.717) is 0 Å². The largest absolute Gasteiger partial charge is 0.478 e. The molecule has 0 spiro atoms. The Hall–Kier alpha value is -2.04. The van der Waals surface area contributed by atoms with Gasteiger partial charge in [-0.25, -0.2) is 4.79 Å². The van der Waals surface area contributed by atoms with Crippen molar-refractivity contribution in [3.63, 3.8) is 0 Å². The molecule has 1 atom stereocenters. The lowest BCUT2D eigenvalue weighted by molar-refractivity contribution is -0.130. The molecule has 1 aliphatic rings. The van der Waals surface area contributed by atoms with Crippen molar-refractivity contribution < 1.29 is 14.7 Å². The summed E-state index contributed by atoms with van der Waals surface area (Å²) in [6.45, 7) is 3.50. The van der Waals surface area contributed by atoms with Crippen molar-refractivity contribution in [2.24, 2.45) is 0 Å². The van der Waals surface area contributed by atoms with Gasteiger partial charge in [-0.2, -0.15) is 0 Å². The molecule has 102 valence electrons. The van der Waals surface area contributed by atoms with E-state index < -0.39 is 5.97 Å². The molecule has 1 fully saturated rings. The Bertz CT molecular complexity index is 464. The molecular weight excluding hydrogens is 244 g/mol. The summed E-state index contributed by atoms with van der Waals surface area (Å²) in [5.41, 5.74) is 0.995. The second-order valence-corrected chi connectivity index (χ2v) is 4.78. The van der Waals surface area contributed by atoms with Crippen LogP contribution in [0.2, 0.25) is 0 Å². The van der Waals surface area contributed by atoms with Crippen molar-refractivity contribution in [1.82, 2.24) is 4.90 Å². The molecule has 1 saturated heterocycles. The van der Waals surface area contributed by atoms with E-state index in [9.17, 15) is 9.59 Å². The van der Waals surface area contributed by atoms with E-state index >= 15 is 0 Å². The highest BCUT2D eigenvalue weighted by molar-refractivity contribution is 5.88. The number of rotatable bonds is 4. The van der Waals surface area contributed by atoms with Gasteiger partial charge in [0.1, 0.15) is 6.04 Å². The van der Waals surface area contributed by atoms with E-state index in [0.717, 1.165) is 31.6 Å². The van der Waals surface area contributed by atoms with Gasteiger partial charge in [-0.05, 0) is 44.0 Å². The van der Waals surface area contributed by atoms with Crippen LogP contribution in [0.15, 0.2) is 24.3 Å². The van der Waals surface area contributed by atoms with Crippen LogP contribution in [0.1, 0.15) is 30.1 Å². The predicted molar refractivity (Wildman–Crippen MR) is 72.3 cm³/mol. The molecule has 2 rings (SSSR count). The van der Waals surface area contributed by atoms with Crippen molar-refractivity contribution in [1.29, 1.82) is 0 Å². The van der Waals surface area contributed by atoms with E-state index in [4.69, 9.17) is 5.11 Å². The number of carboxylic acids is 1. The number of carboxylic acid groups (broad SMARTS) is 1. The maximum atomic E-state index is 12.1. The second-order valence-electron chi connectivity index (χ2n) is 4.78. The molecule has 0 aromatic heterocycles. The molecule has 5 heteroatoms. The number of nitrogens with one attached hydrogen (secondary N) is 1. The molecule has 1 amide bonds. The zero-order valence-electron chi connectivity index (χ0n) is 10.9. The second kappa shape index (κ2) is 5.73. The number of carbonyl (C=O) groups is 2. The van der Waals surface area contributed by atoms with Gasteiger partial charge in [0.05, 0.1) is 5.56 Å². The Balaban J connectivity index is 1.96. The summed E-state index contributed by atoms with van der Waals surface area (Å²) in [5, 5.41) is 11.9. The van der Waals surface area contributed by atoms with Crippen LogP contribution in [0.5, 0.6) is 0 Å². The number of amides is 1. The average Bonchev–Trinajstić information content (AvgIpc) is 2.92. The van der Waals surface area contributed by atoms with Crippen molar-refractivity contribution in [2.75, 3.05) is 18.4 Å². The molecule has 1 aromatic rings. The number of hydrogen-bond acceptors (Lipinski definition) is 3. The molecule has 0 aliphatic carbocycles. The first kappa shape index (κ1) is 13.4. The number of likely N-dealkylation sites (tertiary alicyclic amines) is 1. The zero-order valence-corrected chi connectivity index (χ0v) is 10.9. The molecule has 2 N–H and O–H groups in total. The van der Waals surface area contributed by atoms with E-state index in [2.05, 4.69) is 5.32 Å². The van der Waals surface area contributed by atoms with Gasteiger partial charge in [0.2, 0.25) is 5.91 Å². The molecule has 0 radical (unpaired) electrons. The summed E-state index contributed by atoms with van der Waals surface area (Å²) in [5.74, 6) is -0.854. The van der Waals surface area contributed by atoms with E-state index in [-0.39, 0.29) is 17.5 Å². The lowest BCUT2D eigenvalue weighted by Gasteiger charge is -2.21. The topological polar surface area (TPSA) is 69.6 Å². The molecule has 0 bridgehead atoms. The Morgan fingerprint density at radius 3 is 2.32 bits per heavy atom. The smallest absolute Gasteiger partial charge is 0.335 e. The minimum Gasteiger partial charge on any atom is -0.478 e. The third-order valence-electron chi connectivity index (χ3n) is 3.30. The average molecular weight is 262 g/mol. The fourth-order valence-electron chi connectivity index (χ4n) is 2.23. The van der Waals surface area contributed by atoms with Gasteiger partial charge >= 0.3 is 5.97 Å². The van der Waals surface area contributed by atoms with Gasteiger partial charge in [-0.15, -0.1) is 0 Å². The minimum absolute atomic E-state index is 0.0970. The number of aromatic carboxylic acids is 1. The van der Waals surface area contributed by atoms with Gasteiger partial charge in [-0.3, -0.25) is 4.79 Å². The van der Waals surface area contributed by atoms with Crippen LogP contribution in [0.25, 0.3) is 0 Å². The lowest BCUT2D eigenvalue weighted by atomic mass is 10.2. The summed E-state index contributed by atoms with van der Waals surface area (Å²) in [6, 6.07) is 6.11. The number of anilines is 1. The van der Waals surface area contributed by atoms with Gasteiger partial charge in [0.25, 0.3) is 0 Å². The standard InChI is InChI=1S/C14H18N2O3/c1-10(13(17)16-8-2-3-9-16)15-12-6-4-11(5-7-12)14(18)19/h4-7,10,15H,2-3,8-9H2,1H3,(H,18,19). The van der Waals surface area contributed by atoms with Gasteiger partial charge in [0.15, 0.2) is 0 Å². The maximum absolute atomic E-state index is 12.1. The first-order valence-electron chi connectivity index (χ1n) is 6.46. The van der Waals surface area contributed by atoms with Crippen LogP contribution in [-0.2, 0) is 4.79 Å². The van der Waals surface area contributed by atoms with Crippen LogP contribution in [0.4, 0.5) is 5.69 Å². The highest BCUT2D eigenvalue weighted by atomic mass is 16.4. The highest BCUT2D eigenvalue weighted by Crippen LogP contribution is 2.14. The van der Waals surface area contributed by atoms with Crippen molar-refractivity contribution in [2.45, 2.75) is 25.8 Å². The lowest BCUT2D eigenvalue weighted by Crippen LogP contribution is -2.39. The summed E-state index contributed by atoms with van der Waals surface area (Å²) < 4.78 is 0. The van der Waals surface area contributed by atoms with Crippen LogP contribution in [0, 0.1) is 0 Å². The molecule has 1 aliphatic heterocycles. The molecule has 1 aromatic carbocycles. The Morgan fingerprint density at radius 1 is 1.21 bits per heavy atom. The van der Waals surface area contributed by atoms with E-state index in [1.54, 1.807) is 12.1 Å². The third kappa shape index (κ3) is 3.24. The van der Waals surface area contributed by atoms with E-state index in [1.165, 1.54) is 12.1 Å². The SMILES string of the molecule is CC(Nc1ccc(C(=O)O)cc1)C(=O)N1CCCC1. The fraction of sp³-hybridized carbons (Fsp3) is 0.429. The van der Waals surface area contributed by atoms with Gasteiger partial charge < -0.3 is 15.3 Å². The van der Waals surface area contributed by atoms with Crippen LogP contribution >= 0.6 is 0 Å². The number of hydrogen-bond donors (Lipinski definition) is 2. The van der Waals surface area contributed by atoms with Crippen molar-refractivity contribution in [3.05, 3.63) is 29.8 Å². The van der Waals surface area contributed by atoms with Crippen molar-refractivity contribution >= 4 is 17.6 Å². The molecule has 0 saturated carbocycles. The first-order chi connectivity index (χ1) is 9.08. The van der Waals surface area contributed by atoms with Gasteiger partial charge in [-0.1, -0.05) is 0 Å². The molecule has 1 heterocycles. The van der Waals surface area contributed by atoms with E-state index in [1.807, 2.05) is 11.8 Å². The Morgan fingerprint density at radius 2 is 1.79 bits per heavy atom. The monoisotopic (exact) mass is 262 g/mol. The number of nitrogens with zero attached hydrogens (tertiary/aromatic N) is 1. The van der Waals surface area contributed by atoms with Crippen molar-refractivity contribution in [3.8, 4) is 0 Å². The molecule has 19 heavy (non-hydrogen) atoms. The Labute approximate surface area is 112 Å². The van der Waals surface area contributed by atoms with Crippen LogP contribution in [0.3, 0.4) is 0 Å².